The van der Waals surface area contributed by atoms with Gasteiger partial charge in [-0.1, -0.05) is 32.0 Å². The van der Waals surface area contributed by atoms with Crippen LogP contribution in [0.3, 0.4) is 0 Å². The summed E-state index contributed by atoms with van der Waals surface area (Å²) in [6.45, 7) is 3.89. The number of hydrogen-bond donors (Lipinski definition) is 2. The van der Waals surface area contributed by atoms with Crippen LogP contribution >= 0.6 is 0 Å². The van der Waals surface area contributed by atoms with Crippen LogP contribution in [-0.4, -0.2) is 18.3 Å². The van der Waals surface area contributed by atoms with E-state index in [1.54, 1.807) is 7.11 Å². The summed E-state index contributed by atoms with van der Waals surface area (Å²) in [6.07, 6.45) is -0.554. The number of hydrogen-bond acceptors (Lipinski definition) is 3. The fourth-order valence-electron chi connectivity index (χ4n) is 1.54. The highest BCUT2D eigenvalue weighted by molar-refractivity contribution is 5.36. The Bertz CT molecular complexity index is 312. The number of nitrogens with two attached hydrogens (primary N) is 1. The predicted octanol–water partition coefficient (Wildman–Crippen LogP) is 1.71. The van der Waals surface area contributed by atoms with Crippen LogP contribution in [0.4, 0.5) is 0 Å². The molecule has 3 N–H and O–H groups in total. The van der Waals surface area contributed by atoms with E-state index in [9.17, 15) is 5.11 Å². The summed E-state index contributed by atoms with van der Waals surface area (Å²) in [5.41, 5.74) is 6.83. The van der Waals surface area contributed by atoms with Crippen molar-refractivity contribution in [2.24, 2.45) is 11.7 Å². The van der Waals surface area contributed by atoms with Gasteiger partial charge in [0, 0.05) is 5.56 Å². The van der Waals surface area contributed by atoms with Crippen LogP contribution in [0.1, 0.15) is 25.5 Å². The van der Waals surface area contributed by atoms with Crippen LogP contribution in [0.2, 0.25) is 0 Å². The highest BCUT2D eigenvalue weighted by Gasteiger charge is 2.22. The van der Waals surface area contributed by atoms with Crippen LogP contribution in [0.5, 0.6) is 5.75 Å². The van der Waals surface area contributed by atoms with Crippen molar-refractivity contribution in [2.75, 3.05) is 7.11 Å². The summed E-state index contributed by atoms with van der Waals surface area (Å²) >= 11 is 0. The van der Waals surface area contributed by atoms with Gasteiger partial charge in [-0.25, -0.2) is 0 Å². The summed E-state index contributed by atoms with van der Waals surface area (Å²) in [4.78, 5) is 0. The standard InChI is InChI=1S/C12H19NO2/c1-8(2)12(14)11(13)9-6-4-5-7-10(9)15-3/h4-8,11-12,14H,13H2,1-3H3/t11-,12+/m0/s1. The molecular formula is C12H19NO2. The fourth-order valence-corrected chi connectivity index (χ4v) is 1.54. The number of methoxy groups -OCH3 is 1. The average Bonchev–Trinajstić information content (AvgIpc) is 2.26. The minimum Gasteiger partial charge on any atom is -0.496 e. The third-order valence-electron chi connectivity index (χ3n) is 2.55. The normalized spacial score (nSPS) is 15.1. The molecule has 0 aromatic heterocycles. The zero-order valence-corrected chi connectivity index (χ0v) is 9.47. The molecule has 0 spiro atoms. The van der Waals surface area contributed by atoms with Gasteiger partial charge < -0.3 is 15.6 Å². The number of aliphatic hydroxyl groups is 1. The van der Waals surface area contributed by atoms with Crippen LogP contribution < -0.4 is 10.5 Å². The van der Waals surface area contributed by atoms with E-state index < -0.39 is 12.1 Å². The Morgan fingerprint density at radius 3 is 2.40 bits per heavy atom. The molecule has 0 amide bonds. The lowest BCUT2D eigenvalue weighted by Gasteiger charge is -2.23. The summed E-state index contributed by atoms with van der Waals surface area (Å²) < 4.78 is 5.21. The first-order chi connectivity index (χ1) is 7.07. The molecule has 1 rings (SSSR count). The maximum atomic E-state index is 9.89. The summed E-state index contributed by atoms with van der Waals surface area (Å²) in [5, 5.41) is 9.89. The van der Waals surface area contributed by atoms with Gasteiger partial charge >= 0.3 is 0 Å². The van der Waals surface area contributed by atoms with Crippen molar-refractivity contribution in [3.8, 4) is 5.75 Å². The molecule has 0 heterocycles. The SMILES string of the molecule is COc1ccccc1[C@H](N)[C@H](O)C(C)C. The molecule has 0 bridgehead atoms. The van der Waals surface area contributed by atoms with E-state index in [1.165, 1.54) is 0 Å². The highest BCUT2D eigenvalue weighted by Crippen LogP contribution is 2.27. The van der Waals surface area contributed by atoms with Gasteiger partial charge in [0.1, 0.15) is 5.75 Å². The van der Waals surface area contributed by atoms with Gasteiger partial charge in [0.15, 0.2) is 0 Å². The molecule has 3 heteroatoms. The smallest absolute Gasteiger partial charge is 0.123 e. The number of ether oxygens (including phenoxy) is 1. The van der Waals surface area contributed by atoms with Crippen LogP contribution in [0.25, 0.3) is 0 Å². The van der Waals surface area contributed by atoms with Gasteiger partial charge in [-0.2, -0.15) is 0 Å². The van der Waals surface area contributed by atoms with Gasteiger partial charge in [-0.05, 0) is 12.0 Å². The Morgan fingerprint density at radius 2 is 1.87 bits per heavy atom. The van der Waals surface area contributed by atoms with Crippen LogP contribution in [0.15, 0.2) is 24.3 Å². The molecule has 84 valence electrons. The van der Waals surface area contributed by atoms with Crippen molar-refractivity contribution >= 4 is 0 Å². The Balaban J connectivity index is 2.94. The summed E-state index contributed by atoms with van der Waals surface area (Å²) in [6, 6.07) is 7.11. The first-order valence-electron chi connectivity index (χ1n) is 5.14. The van der Waals surface area contributed by atoms with E-state index in [4.69, 9.17) is 10.5 Å². The van der Waals surface area contributed by atoms with E-state index in [-0.39, 0.29) is 5.92 Å². The van der Waals surface area contributed by atoms with E-state index >= 15 is 0 Å². The number of para-hydroxylation sites is 1. The van der Waals surface area contributed by atoms with E-state index in [0.29, 0.717) is 0 Å². The minimum atomic E-state index is -0.554. The van der Waals surface area contributed by atoms with Gasteiger partial charge in [0.05, 0.1) is 19.3 Å². The lowest BCUT2D eigenvalue weighted by atomic mass is 9.94. The average molecular weight is 209 g/mol. The second-order valence-electron chi connectivity index (χ2n) is 4.00. The largest absolute Gasteiger partial charge is 0.496 e. The third-order valence-corrected chi connectivity index (χ3v) is 2.55. The first-order valence-corrected chi connectivity index (χ1v) is 5.14. The van der Waals surface area contributed by atoms with E-state index in [2.05, 4.69) is 0 Å². The Morgan fingerprint density at radius 1 is 1.27 bits per heavy atom. The monoisotopic (exact) mass is 209 g/mol. The van der Waals surface area contributed by atoms with E-state index in [1.807, 2.05) is 38.1 Å². The predicted molar refractivity (Wildman–Crippen MR) is 60.8 cm³/mol. The molecule has 0 aliphatic rings. The van der Waals surface area contributed by atoms with Crippen molar-refractivity contribution in [3.63, 3.8) is 0 Å². The van der Waals surface area contributed by atoms with Crippen LogP contribution in [-0.2, 0) is 0 Å². The third kappa shape index (κ3) is 2.70. The van der Waals surface area contributed by atoms with E-state index in [0.717, 1.165) is 11.3 Å². The molecule has 2 atom stereocenters. The molecule has 0 aliphatic heterocycles. The van der Waals surface area contributed by atoms with Crippen molar-refractivity contribution in [1.82, 2.24) is 0 Å². The second-order valence-corrected chi connectivity index (χ2v) is 4.00. The number of aliphatic hydroxyl groups excluding tert-OH is 1. The molecule has 1 aromatic carbocycles. The zero-order valence-electron chi connectivity index (χ0n) is 9.47. The Labute approximate surface area is 90.9 Å². The number of benzene rings is 1. The number of rotatable bonds is 4. The molecule has 0 unspecified atom stereocenters. The van der Waals surface area contributed by atoms with Gasteiger partial charge in [0.25, 0.3) is 0 Å². The molecule has 3 nitrogen and oxygen atoms in total. The quantitative estimate of drug-likeness (QED) is 0.793. The molecule has 0 saturated carbocycles. The Kier molecular flexibility index (Phi) is 4.12. The Hall–Kier alpha value is -1.06. The molecule has 0 fully saturated rings. The summed E-state index contributed by atoms with van der Waals surface area (Å²) in [5.74, 6) is 0.856. The molecular weight excluding hydrogens is 190 g/mol. The van der Waals surface area contributed by atoms with Crippen molar-refractivity contribution in [1.29, 1.82) is 0 Å². The lowest BCUT2D eigenvalue weighted by Crippen LogP contribution is -2.30. The lowest BCUT2D eigenvalue weighted by molar-refractivity contribution is 0.0969. The molecule has 0 aliphatic carbocycles. The first kappa shape index (κ1) is 12.0. The molecule has 0 saturated heterocycles. The van der Waals surface area contributed by atoms with Crippen molar-refractivity contribution < 1.29 is 9.84 Å². The summed E-state index contributed by atoms with van der Waals surface area (Å²) in [7, 11) is 1.60. The molecule has 1 aromatic rings. The molecule has 0 radical (unpaired) electrons. The molecule has 15 heavy (non-hydrogen) atoms. The maximum Gasteiger partial charge on any atom is 0.123 e. The van der Waals surface area contributed by atoms with Crippen molar-refractivity contribution in [2.45, 2.75) is 26.0 Å². The highest BCUT2D eigenvalue weighted by atomic mass is 16.5. The van der Waals surface area contributed by atoms with Gasteiger partial charge in [-0.3, -0.25) is 0 Å². The van der Waals surface area contributed by atoms with Gasteiger partial charge in [0.2, 0.25) is 0 Å². The maximum absolute atomic E-state index is 9.89. The second kappa shape index (κ2) is 5.14. The van der Waals surface area contributed by atoms with Crippen LogP contribution in [0, 0.1) is 5.92 Å². The zero-order chi connectivity index (χ0) is 11.4. The van der Waals surface area contributed by atoms with Gasteiger partial charge in [-0.15, -0.1) is 0 Å². The fraction of sp³-hybridized carbons (Fsp3) is 0.500. The van der Waals surface area contributed by atoms with Crippen molar-refractivity contribution in [3.05, 3.63) is 29.8 Å². The topological polar surface area (TPSA) is 55.5 Å². The minimum absolute atomic E-state index is 0.130.